The molecule has 4 rings (SSSR count). The zero-order valence-electron chi connectivity index (χ0n) is 17.4. The smallest absolute Gasteiger partial charge is 0.243 e. The Morgan fingerprint density at radius 2 is 1.94 bits per heavy atom. The van der Waals surface area contributed by atoms with E-state index in [2.05, 4.69) is 15.5 Å². The Labute approximate surface area is 194 Å². The molecule has 1 unspecified atom stereocenters. The van der Waals surface area contributed by atoms with Gasteiger partial charge in [0.2, 0.25) is 5.91 Å². The molecular weight excluding hydrogens is 446 g/mol. The van der Waals surface area contributed by atoms with Gasteiger partial charge >= 0.3 is 0 Å². The van der Waals surface area contributed by atoms with E-state index in [0.29, 0.717) is 21.7 Å². The highest BCUT2D eigenvalue weighted by Crippen LogP contribution is 2.33. The molecule has 1 atom stereocenters. The summed E-state index contributed by atoms with van der Waals surface area (Å²) in [6.45, 7) is 0.135. The number of fused-ring (bicyclic) bond motifs is 1. The fraction of sp³-hybridized carbons (Fsp3) is 0.273. The van der Waals surface area contributed by atoms with Gasteiger partial charge < -0.3 is 20.1 Å². The van der Waals surface area contributed by atoms with E-state index in [-0.39, 0.29) is 12.5 Å². The fourth-order valence-corrected chi connectivity index (χ4v) is 4.61. The lowest BCUT2D eigenvalue weighted by molar-refractivity contribution is -0.308. The van der Waals surface area contributed by atoms with E-state index in [1.165, 1.54) is 0 Å². The second kappa shape index (κ2) is 9.09. The van der Waals surface area contributed by atoms with E-state index >= 15 is 0 Å². The number of aryl methyl sites for hydroxylation is 1. The Hall–Kier alpha value is -3.24. The maximum atomic E-state index is 12.7. The molecule has 2 aromatic carbocycles. The van der Waals surface area contributed by atoms with Crippen LogP contribution in [0.25, 0.3) is 5.69 Å². The summed E-state index contributed by atoms with van der Waals surface area (Å²) in [5.74, 6) is -1.77. The molecule has 0 spiro atoms. The number of carboxylic acids is 1. The number of hydrogen-bond donors (Lipinski definition) is 3. The van der Waals surface area contributed by atoms with Gasteiger partial charge in [0.15, 0.2) is 9.54 Å². The van der Waals surface area contributed by atoms with E-state index in [1.54, 1.807) is 16.7 Å². The number of nitrogens with one attached hydrogen (secondary N) is 3. The number of H-pyrrole nitrogens is 2. The molecule has 8 nitrogen and oxygen atoms in total. The molecule has 1 aliphatic rings. The van der Waals surface area contributed by atoms with Crippen molar-refractivity contribution in [1.29, 1.82) is 0 Å². The van der Waals surface area contributed by atoms with Crippen LogP contribution in [0.4, 0.5) is 11.4 Å². The molecule has 3 N–H and O–H groups in total. The van der Waals surface area contributed by atoms with Crippen molar-refractivity contribution in [3.63, 3.8) is 0 Å². The largest absolute Gasteiger partial charge is 0.549 e. The van der Waals surface area contributed by atoms with Gasteiger partial charge in [-0.2, -0.15) is 0 Å². The molecule has 3 aromatic rings. The zero-order valence-corrected chi connectivity index (χ0v) is 19.0. The van der Waals surface area contributed by atoms with Crippen LogP contribution in [0.1, 0.15) is 29.9 Å². The maximum Gasteiger partial charge on any atom is 0.243 e. The van der Waals surface area contributed by atoms with Crippen LogP contribution in [0.5, 0.6) is 0 Å². The Kier molecular flexibility index (Phi) is 6.24. The van der Waals surface area contributed by atoms with Gasteiger partial charge in [-0.25, -0.2) is 0 Å². The predicted octanol–water partition coefficient (Wildman–Crippen LogP) is 2.84. The number of benzene rings is 2. The first kappa shape index (κ1) is 22.0. The number of amides is 1. The second-order valence-electron chi connectivity index (χ2n) is 7.80. The molecule has 0 saturated carbocycles. The Morgan fingerprint density at radius 1 is 1.19 bits per heavy atom. The van der Waals surface area contributed by atoms with Crippen LogP contribution >= 0.6 is 24.4 Å². The van der Waals surface area contributed by atoms with Crippen LogP contribution < -0.4 is 15.3 Å². The molecule has 1 heterocycles. The van der Waals surface area contributed by atoms with Crippen LogP contribution in [-0.2, 0) is 16.0 Å². The second-order valence-corrected chi connectivity index (χ2v) is 8.57. The minimum atomic E-state index is -1.03. The Balaban J connectivity index is 1.46. The number of rotatable bonds is 6. The lowest BCUT2D eigenvalue weighted by Gasteiger charge is -2.28. The Bertz CT molecular complexity index is 1270. The molecule has 0 radical (unpaired) electrons. The minimum absolute atomic E-state index is 0.135. The van der Waals surface area contributed by atoms with Crippen molar-refractivity contribution >= 4 is 47.7 Å². The molecular formula is C22H22N5O3S2-. The third kappa shape index (κ3) is 4.51. The molecule has 1 amide bonds. The molecule has 0 bridgehead atoms. The van der Waals surface area contributed by atoms with Gasteiger partial charge in [-0.1, -0.05) is 12.1 Å². The third-order valence-electron chi connectivity index (χ3n) is 5.62. The average molecular weight is 469 g/mol. The lowest BCUT2D eigenvalue weighted by atomic mass is 9.82. The predicted molar refractivity (Wildman–Crippen MR) is 125 cm³/mol. The summed E-state index contributed by atoms with van der Waals surface area (Å²) in [4.78, 5) is 25.9. The monoisotopic (exact) mass is 468 g/mol. The summed E-state index contributed by atoms with van der Waals surface area (Å²) in [6.07, 6.45) is 2.24. The van der Waals surface area contributed by atoms with Gasteiger partial charge in [0.05, 0.1) is 12.2 Å². The number of aliphatic carboxylic acids is 1. The van der Waals surface area contributed by atoms with Crippen molar-refractivity contribution < 1.29 is 14.7 Å². The highest BCUT2D eigenvalue weighted by Gasteiger charge is 2.22. The standard InChI is InChI=1S/C22H23N5O3S2/c1-26(15-8-9-17-13(10-15)4-2-7-18(17)20(29)30)12-19(28)23-14-5-3-6-16(11-14)27-21(31)24-25-22(27)32/h3,5-6,8-11,18H,2,4,7,12H2,1H3,(H,23,28)(H,24,31)(H,25,32)(H,29,30)/p-1. The maximum absolute atomic E-state index is 12.7. The van der Waals surface area contributed by atoms with Gasteiger partial charge in [-0.3, -0.25) is 19.6 Å². The molecule has 0 aliphatic heterocycles. The fourth-order valence-electron chi connectivity index (χ4n) is 4.06. The van der Waals surface area contributed by atoms with Gasteiger partial charge in [0, 0.05) is 30.3 Å². The number of nitrogens with zero attached hydrogens (tertiary/aromatic N) is 2. The van der Waals surface area contributed by atoms with Crippen molar-refractivity contribution in [2.24, 2.45) is 0 Å². The van der Waals surface area contributed by atoms with Crippen LogP contribution in [0.2, 0.25) is 0 Å². The summed E-state index contributed by atoms with van der Waals surface area (Å²) >= 11 is 10.5. The van der Waals surface area contributed by atoms with Gasteiger partial charge in [-0.15, -0.1) is 0 Å². The molecule has 166 valence electrons. The molecule has 10 heteroatoms. The zero-order chi connectivity index (χ0) is 22.8. The first-order valence-corrected chi connectivity index (χ1v) is 11.0. The highest BCUT2D eigenvalue weighted by atomic mass is 32.1. The van der Waals surface area contributed by atoms with Crippen molar-refractivity contribution in [3.05, 3.63) is 63.1 Å². The Morgan fingerprint density at radius 3 is 2.66 bits per heavy atom. The topological polar surface area (TPSA) is 109 Å². The number of aromatic nitrogens is 3. The van der Waals surface area contributed by atoms with Crippen molar-refractivity contribution in [2.45, 2.75) is 25.2 Å². The van der Waals surface area contributed by atoms with Crippen LogP contribution in [0.3, 0.4) is 0 Å². The van der Waals surface area contributed by atoms with Crippen LogP contribution in [0.15, 0.2) is 42.5 Å². The molecule has 0 saturated heterocycles. The van der Waals surface area contributed by atoms with Crippen LogP contribution in [0, 0.1) is 9.54 Å². The number of likely N-dealkylation sites (N-methyl/N-ethyl adjacent to an activating group) is 1. The van der Waals surface area contributed by atoms with Gasteiger partial charge in [-0.05, 0) is 85.2 Å². The van der Waals surface area contributed by atoms with Crippen molar-refractivity contribution in [2.75, 3.05) is 23.8 Å². The number of aromatic amines is 2. The van der Waals surface area contributed by atoms with E-state index in [4.69, 9.17) is 24.4 Å². The quantitative estimate of drug-likeness (QED) is 0.480. The lowest BCUT2D eigenvalue weighted by Crippen LogP contribution is -2.32. The molecule has 0 fully saturated rings. The normalized spacial score (nSPS) is 15.1. The van der Waals surface area contributed by atoms with E-state index < -0.39 is 11.9 Å². The van der Waals surface area contributed by atoms with E-state index in [9.17, 15) is 14.7 Å². The van der Waals surface area contributed by atoms with Crippen LogP contribution in [-0.4, -0.2) is 40.2 Å². The summed E-state index contributed by atoms with van der Waals surface area (Å²) in [5.41, 5.74) is 4.04. The summed E-state index contributed by atoms with van der Waals surface area (Å²) < 4.78 is 2.54. The number of hydrogen-bond acceptors (Lipinski definition) is 6. The highest BCUT2D eigenvalue weighted by molar-refractivity contribution is 7.72. The number of carbonyl (C=O) groups excluding carboxylic acids is 2. The number of anilines is 2. The van der Waals surface area contributed by atoms with E-state index in [1.807, 2.05) is 42.3 Å². The third-order valence-corrected chi connectivity index (χ3v) is 6.19. The summed E-state index contributed by atoms with van der Waals surface area (Å²) in [7, 11) is 1.83. The van der Waals surface area contributed by atoms with Crippen molar-refractivity contribution in [3.8, 4) is 5.69 Å². The molecule has 1 aliphatic carbocycles. The SMILES string of the molecule is CN(CC(=O)Nc1cccc(-n2c(=S)[nH][nH]c2=S)c1)c1ccc2c(c1)CCCC2C(=O)[O-]. The van der Waals surface area contributed by atoms with Crippen molar-refractivity contribution in [1.82, 2.24) is 14.8 Å². The number of carboxylic acid groups (broad SMARTS) is 1. The first-order valence-electron chi connectivity index (χ1n) is 10.2. The van der Waals surface area contributed by atoms with Gasteiger partial charge in [0.25, 0.3) is 0 Å². The summed E-state index contributed by atoms with van der Waals surface area (Å²) in [6, 6.07) is 12.9. The van der Waals surface area contributed by atoms with Gasteiger partial charge in [0.1, 0.15) is 0 Å². The molecule has 1 aromatic heterocycles. The first-order chi connectivity index (χ1) is 15.3. The summed E-state index contributed by atoms with van der Waals surface area (Å²) in [5, 5.41) is 19.9. The average Bonchev–Trinajstić information content (AvgIpc) is 3.10. The van der Waals surface area contributed by atoms with E-state index in [0.717, 1.165) is 35.3 Å². The number of carbonyl (C=O) groups is 2. The molecule has 32 heavy (non-hydrogen) atoms. The minimum Gasteiger partial charge on any atom is -0.549 e.